The monoisotopic (exact) mass is 340 g/mol. The summed E-state index contributed by atoms with van der Waals surface area (Å²) in [6, 6.07) is 14.8. The largest absolute Gasteiger partial charge is 0.464 e. The maximum atomic E-state index is 12.3. The zero-order chi connectivity index (χ0) is 18.2. The molecule has 0 radical (unpaired) electrons. The summed E-state index contributed by atoms with van der Waals surface area (Å²) in [5.74, 6) is -0.746. The van der Waals surface area contributed by atoms with Crippen molar-refractivity contribution in [2.75, 3.05) is 11.9 Å². The Balaban J connectivity index is 1.96. The number of esters is 1. The first kappa shape index (κ1) is 18.5. The molecule has 0 bridgehead atoms. The number of anilines is 1. The van der Waals surface area contributed by atoms with E-state index in [4.69, 9.17) is 4.74 Å². The number of amides is 1. The van der Waals surface area contributed by atoms with Gasteiger partial charge in [0.25, 0.3) is 5.91 Å². The second-order valence-electron chi connectivity index (χ2n) is 5.87. The van der Waals surface area contributed by atoms with Crippen molar-refractivity contribution in [1.82, 2.24) is 5.32 Å². The average Bonchev–Trinajstić information content (AvgIpc) is 2.61. The van der Waals surface area contributed by atoms with Crippen LogP contribution in [0, 0.1) is 6.92 Å². The zero-order valence-corrected chi connectivity index (χ0v) is 14.8. The predicted molar refractivity (Wildman–Crippen MR) is 98.5 cm³/mol. The van der Waals surface area contributed by atoms with E-state index in [1.807, 2.05) is 6.07 Å². The summed E-state index contributed by atoms with van der Waals surface area (Å²) in [5, 5.41) is 5.95. The Labute approximate surface area is 148 Å². The van der Waals surface area contributed by atoms with Gasteiger partial charge in [-0.15, -0.1) is 0 Å². The molecule has 1 amide bonds. The van der Waals surface area contributed by atoms with Crippen LogP contribution in [-0.2, 0) is 16.1 Å². The van der Waals surface area contributed by atoms with Gasteiger partial charge in [0, 0.05) is 17.8 Å². The van der Waals surface area contributed by atoms with Gasteiger partial charge < -0.3 is 15.4 Å². The molecule has 2 aromatic carbocycles. The van der Waals surface area contributed by atoms with E-state index in [-0.39, 0.29) is 12.5 Å². The summed E-state index contributed by atoms with van der Waals surface area (Å²) in [7, 11) is 0. The van der Waals surface area contributed by atoms with E-state index >= 15 is 0 Å². The van der Waals surface area contributed by atoms with Crippen LogP contribution >= 0.6 is 0 Å². The molecule has 2 N–H and O–H groups in total. The van der Waals surface area contributed by atoms with E-state index in [9.17, 15) is 9.59 Å². The fraction of sp³-hybridized carbons (Fsp3) is 0.300. The maximum absolute atomic E-state index is 12.3. The first-order valence-electron chi connectivity index (χ1n) is 8.36. The normalized spacial score (nSPS) is 11.5. The number of carbonyl (C=O) groups is 2. The predicted octanol–water partition coefficient (Wildman–Crippen LogP) is 3.29. The second kappa shape index (κ2) is 8.87. The number of ether oxygens (including phenoxy) is 1. The van der Waals surface area contributed by atoms with Crippen LogP contribution in [0.15, 0.2) is 48.5 Å². The fourth-order valence-electron chi connectivity index (χ4n) is 2.29. The van der Waals surface area contributed by atoms with Crippen molar-refractivity contribution in [3.05, 3.63) is 65.2 Å². The zero-order valence-electron chi connectivity index (χ0n) is 14.8. The molecule has 2 rings (SSSR count). The van der Waals surface area contributed by atoms with Crippen molar-refractivity contribution in [2.24, 2.45) is 0 Å². The van der Waals surface area contributed by atoms with Gasteiger partial charge in [-0.2, -0.15) is 0 Å². The Hall–Kier alpha value is -2.82. The highest BCUT2D eigenvalue weighted by Crippen LogP contribution is 2.13. The first-order valence-corrected chi connectivity index (χ1v) is 8.36. The molecular formula is C20H24N2O3. The third-order valence-corrected chi connectivity index (χ3v) is 3.73. The van der Waals surface area contributed by atoms with Gasteiger partial charge >= 0.3 is 5.97 Å². The van der Waals surface area contributed by atoms with Gasteiger partial charge in [-0.3, -0.25) is 4.79 Å². The lowest BCUT2D eigenvalue weighted by Gasteiger charge is -2.13. The van der Waals surface area contributed by atoms with Gasteiger partial charge in [0.1, 0.15) is 6.04 Å². The number of carbonyl (C=O) groups excluding carboxylic acids is 2. The Bertz CT molecular complexity index is 726. The second-order valence-corrected chi connectivity index (χ2v) is 5.87. The van der Waals surface area contributed by atoms with Crippen LogP contribution in [0.4, 0.5) is 5.69 Å². The highest BCUT2D eigenvalue weighted by Gasteiger charge is 2.17. The van der Waals surface area contributed by atoms with Gasteiger partial charge in [0.05, 0.1) is 6.61 Å². The molecule has 0 saturated heterocycles. The molecule has 0 spiro atoms. The van der Waals surface area contributed by atoms with Crippen molar-refractivity contribution in [1.29, 1.82) is 0 Å². The molecule has 0 aromatic heterocycles. The van der Waals surface area contributed by atoms with Crippen LogP contribution < -0.4 is 10.6 Å². The van der Waals surface area contributed by atoms with Crippen LogP contribution in [-0.4, -0.2) is 24.5 Å². The molecule has 0 saturated carbocycles. The summed E-state index contributed by atoms with van der Waals surface area (Å²) in [4.78, 5) is 23.9. The minimum atomic E-state index is -0.684. The average molecular weight is 340 g/mol. The number of benzene rings is 2. The van der Waals surface area contributed by atoms with Crippen molar-refractivity contribution in [3.63, 3.8) is 0 Å². The summed E-state index contributed by atoms with van der Waals surface area (Å²) in [5.41, 5.74) is 3.72. The highest BCUT2D eigenvalue weighted by atomic mass is 16.5. The highest BCUT2D eigenvalue weighted by molar-refractivity contribution is 5.97. The molecule has 0 aliphatic carbocycles. The molecule has 0 heterocycles. The van der Waals surface area contributed by atoms with Crippen molar-refractivity contribution in [3.8, 4) is 0 Å². The summed E-state index contributed by atoms with van der Waals surface area (Å²) in [6.45, 7) is 6.35. The van der Waals surface area contributed by atoms with E-state index in [1.165, 1.54) is 5.56 Å². The summed E-state index contributed by atoms with van der Waals surface area (Å²) < 4.78 is 4.89. The Morgan fingerprint density at radius 2 is 1.84 bits per heavy atom. The lowest BCUT2D eigenvalue weighted by molar-refractivity contribution is -0.144. The third kappa shape index (κ3) is 5.64. The minimum Gasteiger partial charge on any atom is -0.464 e. The Morgan fingerprint density at radius 3 is 2.52 bits per heavy atom. The molecule has 0 aliphatic rings. The lowest BCUT2D eigenvalue weighted by atomic mass is 10.1. The SMILES string of the molecule is CCOC(=O)[C@H](C)NC(=O)c1cccc(NCc2ccc(C)cc2)c1. The lowest BCUT2D eigenvalue weighted by Crippen LogP contribution is -2.39. The number of nitrogens with one attached hydrogen (secondary N) is 2. The molecule has 132 valence electrons. The molecule has 1 atom stereocenters. The van der Waals surface area contributed by atoms with Crippen LogP contribution in [0.5, 0.6) is 0 Å². The van der Waals surface area contributed by atoms with E-state index in [1.54, 1.807) is 32.0 Å². The van der Waals surface area contributed by atoms with Gasteiger partial charge in [-0.1, -0.05) is 35.9 Å². The summed E-state index contributed by atoms with van der Waals surface area (Å²) >= 11 is 0. The maximum Gasteiger partial charge on any atom is 0.328 e. The topological polar surface area (TPSA) is 67.4 Å². The molecule has 25 heavy (non-hydrogen) atoms. The third-order valence-electron chi connectivity index (χ3n) is 3.73. The standard InChI is InChI=1S/C20H24N2O3/c1-4-25-20(24)15(3)22-19(23)17-6-5-7-18(12-17)21-13-16-10-8-14(2)9-11-16/h5-12,15,21H,4,13H2,1-3H3,(H,22,23)/t15-/m0/s1. The van der Waals surface area contributed by atoms with Crippen LogP contribution in [0.1, 0.15) is 35.3 Å². The van der Waals surface area contributed by atoms with Crippen LogP contribution in [0.3, 0.4) is 0 Å². The first-order chi connectivity index (χ1) is 12.0. The minimum absolute atomic E-state index is 0.289. The fourth-order valence-corrected chi connectivity index (χ4v) is 2.29. The van der Waals surface area contributed by atoms with Gasteiger partial charge in [-0.25, -0.2) is 4.79 Å². The van der Waals surface area contributed by atoms with Gasteiger partial charge in [-0.05, 0) is 44.5 Å². The number of aryl methyl sites for hydroxylation is 1. The Morgan fingerprint density at radius 1 is 1.12 bits per heavy atom. The summed E-state index contributed by atoms with van der Waals surface area (Å²) in [6.07, 6.45) is 0. The van der Waals surface area contributed by atoms with E-state index in [0.717, 1.165) is 11.3 Å². The van der Waals surface area contributed by atoms with Crippen molar-refractivity contribution >= 4 is 17.6 Å². The number of hydrogen-bond donors (Lipinski definition) is 2. The van der Waals surface area contributed by atoms with Crippen molar-refractivity contribution < 1.29 is 14.3 Å². The molecule has 0 unspecified atom stereocenters. The van der Waals surface area contributed by atoms with Gasteiger partial charge in [0.15, 0.2) is 0 Å². The Kier molecular flexibility index (Phi) is 6.57. The van der Waals surface area contributed by atoms with E-state index < -0.39 is 12.0 Å². The molecule has 5 heteroatoms. The van der Waals surface area contributed by atoms with Crippen LogP contribution in [0.2, 0.25) is 0 Å². The molecule has 2 aromatic rings. The molecule has 5 nitrogen and oxygen atoms in total. The quantitative estimate of drug-likeness (QED) is 0.759. The molecular weight excluding hydrogens is 316 g/mol. The number of hydrogen-bond acceptors (Lipinski definition) is 4. The van der Waals surface area contributed by atoms with E-state index in [0.29, 0.717) is 12.1 Å². The van der Waals surface area contributed by atoms with E-state index in [2.05, 4.69) is 41.8 Å². The smallest absolute Gasteiger partial charge is 0.328 e. The van der Waals surface area contributed by atoms with Crippen molar-refractivity contribution in [2.45, 2.75) is 33.4 Å². The number of rotatable bonds is 7. The molecule has 0 aliphatic heterocycles. The van der Waals surface area contributed by atoms with Gasteiger partial charge in [0.2, 0.25) is 0 Å². The van der Waals surface area contributed by atoms with Crippen LogP contribution in [0.25, 0.3) is 0 Å². The molecule has 0 fully saturated rings.